The largest absolute Gasteiger partial charge is 0.379 e. The third-order valence-electron chi connectivity index (χ3n) is 5.96. The number of piperidine rings is 1. The smallest absolute Gasteiger partial charge is 0.146 e. The molecule has 0 radical (unpaired) electrons. The normalized spacial score (nSPS) is 19.5. The number of aromatic amines is 1. The van der Waals surface area contributed by atoms with Crippen molar-refractivity contribution in [1.82, 2.24) is 34.6 Å². The SMILES string of the molecule is Cn1c(CN2CCOCC2)nnc1C1CCN(c2ncnc3[nH]ccc23)CC1. The summed E-state index contributed by atoms with van der Waals surface area (Å²) in [6, 6.07) is 2.05. The highest BCUT2D eigenvalue weighted by Crippen LogP contribution is 2.31. The molecule has 0 unspecified atom stereocenters. The van der Waals surface area contributed by atoms with E-state index in [0.29, 0.717) is 5.92 Å². The number of nitrogens with one attached hydrogen (secondary N) is 1. The monoisotopic (exact) mass is 382 g/mol. The lowest BCUT2D eigenvalue weighted by atomic mass is 9.96. The molecule has 9 nitrogen and oxygen atoms in total. The summed E-state index contributed by atoms with van der Waals surface area (Å²) in [5.41, 5.74) is 0.896. The third-order valence-corrected chi connectivity index (χ3v) is 5.96. The number of fused-ring (bicyclic) bond motifs is 1. The van der Waals surface area contributed by atoms with Gasteiger partial charge in [0.2, 0.25) is 0 Å². The minimum atomic E-state index is 0.441. The molecule has 2 aliphatic heterocycles. The van der Waals surface area contributed by atoms with Crippen LogP contribution >= 0.6 is 0 Å². The van der Waals surface area contributed by atoms with Crippen molar-refractivity contribution in [3.63, 3.8) is 0 Å². The number of ether oxygens (including phenoxy) is 1. The number of aromatic nitrogens is 6. The minimum Gasteiger partial charge on any atom is -0.379 e. The van der Waals surface area contributed by atoms with Gasteiger partial charge in [0, 0.05) is 45.3 Å². The topological polar surface area (TPSA) is 88.0 Å². The molecule has 0 bridgehead atoms. The first-order valence-electron chi connectivity index (χ1n) is 10.0. The van der Waals surface area contributed by atoms with Gasteiger partial charge in [0.05, 0.1) is 25.1 Å². The van der Waals surface area contributed by atoms with Gasteiger partial charge in [-0.1, -0.05) is 0 Å². The minimum absolute atomic E-state index is 0.441. The van der Waals surface area contributed by atoms with Crippen LogP contribution in [0.25, 0.3) is 11.0 Å². The Labute approximate surface area is 163 Å². The van der Waals surface area contributed by atoms with Crippen LogP contribution in [-0.4, -0.2) is 74.0 Å². The number of hydrogen-bond donors (Lipinski definition) is 1. The molecule has 0 spiro atoms. The second-order valence-electron chi connectivity index (χ2n) is 7.62. The van der Waals surface area contributed by atoms with Crippen molar-refractivity contribution < 1.29 is 4.74 Å². The molecule has 28 heavy (non-hydrogen) atoms. The van der Waals surface area contributed by atoms with Crippen LogP contribution < -0.4 is 4.90 Å². The van der Waals surface area contributed by atoms with Gasteiger partial charge in [-0.3, -0.25) is 4.90 Å². The first-order chi connectivity index (χ1) is 13.8. The summed E-state index contributed by atoms with van der Waals surface area (Å²) < 4.78 is 7.64. The maximum Gasteiger partial charge on any atom is 0.146 e. The van der Waals surface area contributed by atoms with E-state index in [1.807, 2.05) is 6.20 Å². The van der Waals surface area contributed by atoms with Crippen LogP contribution in [-0.2, 0) is 18.3 Å². The fourth-order valence-electron chi connectivity index (χ4n) is 4.29. The molecule has 0 saturated carbocycles. The summed E-state index contributed by atoms with van der Waals surface area (Å²) >= 11 is 0. The number of anilines is 1. The Bertz CT molecular complexity index is 936. The lowest BCUT2D eigenvalue weighted by Gasteiger charge is -2.32. The van der Waals surface area contributed by atoms with Crippen molar-refractivity contribution in [2.75, 3.05) is 44.3 Å². The summed E-state index contributed by atoms with van der Waals surface area (Å²) in [6.45, 7) is 6.32. The number of morpholine rings is 1. The molecule has 1 N–H and O–H groups in total. The average Bonchev–Trinajstić information content (AvgIpc) is 3.36. The average molecular weight is 382 g/mol. The first-order valence-corrected chi connectivity index (χ1v) is 10.0. The number of hydrogen-bond acceptors (Lipinski definition) is 7. The summed E-state index contributed by atoms with van der Waals surface area (Å²) in [7, 11) is 2.10. The van der Waals surface area contributed by atoms with Crippen LogP contribution in [0.1, 0.15) is 30.4 Å². The van der Waals surface area contributed by atoms with E-state index in [4.69, 9.17) is 4.74 Å². The van der Waals surface area contributed by atoms with E-state index in [-0.39, 0.29) is 0 Å². The van der Waals surface area contributed by atoms with Gasteiger partial charge in [0.15, 0.2) is 0 Å². The Morgan fingerprint density at radius 1 is 1.11 bits per heavy atom. The molecular formula is C19H26N8O. The van der Waals surface area contributed by atoms with Crippen LogP contribution in [0.15, 0.2) is 18.6 Å². The molecule has 2 aliphatic rings. The summed E-state index contributed by atoms with van der Waals surface area (Å²) in [5, 5.41) is 10.1. The van der Waals surface area contributed by atoms with Crippen LogP contribution in [0.5, 0.6) is 0 Å². The predicted octanol–water partition coefficient (Wildman–Crippen LogP) is 1.30. The van der Waals surface area contributed by atoms with Crippen molar-refractivity contribution in [3.05, 3.63) is 30.2 Å². The van der Waals surface area contributed by atoms with E-state index >= 15 is 0 Å². The molecule has 0 amide bonds. The van der Waals surface area contributed by atoms with Crippen LogP contribution in [0.3, 0.4) is 0 Å². The molecule has 3 aromatic heterocycles. The van der Waals surface area contributed by atoms with E-state index in [1.54, 1.807) is 6.33 Å². The van der Waals surface area contributed by atoms with Gasteiger partial charge in [-0.2, -0.15) is 0 Å². The third kappa shape index (κ3) is 3.24. The maximum atomic E-state index is 5.44. The highest BCUT2D eigenvalue weighted by Gasteiger charge is 2.27. The predicted molar refractivity (Wildman–Crippen MR) is 105 cm³/mol. The molecule has 9 heteroatoms. The zero-order chi connectivity index (χ0) is 18.9. The van der Waals surface area contributed by atoms with Gasteiger partial charge in [0.1, 0.15) is 29.4 Å². The molecule has 2 saturated heterocycles. The maximum absolute atomic E-state index is 5.44. The van der Waals surface area contributed by atoms with Crippen LogP contribution in [0.2, 0.25) is 0 Å². The van der Waals surface area contributed by atoms with Crippen molar-refractivity contribution in [2.45, 2.75) is 25.3 Å². The fourth-order valence-corrected chi connectivity index (χ4v) is 4.29. The van der Waals surface area contributed by atoms with Crippen molar-refractivity contribution in [2.24, 2.45) is 7.05 Å². The van der Waals surface area contributed by atoms with E-state index in [1.165, 1.54) is 0 Å². The summed E-state index contributed by atoms with van der Waals surface area (Å²) in [4.78, 5) is 16.7. The van der Waals surface area contributed by atoms with Crippen LogP contribution in [0.4, 0.5) is 5.82 Å². The Balaban J connectivity index is 1.26. The van der Waals surface area contributed by atoms with Gasteiger partial charge in [-0.25, -0.2) is 9.97 Å². The van der Waals surface area contributed by atoms with E-state index in [0.717, 1.165) is 87.3 Å². The van der Waals surface area contributed by atoms with E-state index in [9.17, 15) is 0 Å². The Hall–Kier alpha value is -2.52. The van der Waals surface area contributed by atoms with Crippen molar-refractivity contribution in [1.29, 1.82) is 0 Å². The van der Waals surface area contributed by atoms with Crippen LogP contribution in [0, 0.1) is 0 Å². The van der Waals surface area contributed by atoms with Gasteiger partial charge in [-0.15, -0.1) is 10.2 Å². The molecular weight excluding hydrogens is 356 g/mol. The Morgan fingerprint density at radius 3 is 2.75 bits per heavy atom. The first kappa shape index (κ1) is 17.6. The molecule has 3 aromatic rings. The number of H-pyrrole nitrogens is 1. The second-order valence-corrected chi connectivity index (χ2v) is 7.62. The Morgan fingerprint density at radius 2 is 1.93 bits per heavy atom. The molecule has 148 valence electrons. The van der Waals surface area contributed by atoms with Crippen molar-refractivity contribution >= 4 is 16.9 Å². The molecule has 0 aromatic carbocycles. The van der Waals surface area contributed by atoms with Gasteiger partial charge < -0.3 is 19.2 Å². The van der Waals surface area contributed by atoms with Gasteiger partial charge in [0.25, 0.3) is 0 Å². The summed E-state index contributed by atoms with van der Waals surface area (Å²) in [5.74, 6) is 3.62. The lowest BCUT2D eigenvalue weighted by molar-refractivity contribution is 0.0326. The molecule has 0 atom stereocenters. The number of nitrogens with zero attached hydrogens (tertiary/aromatic N) is 7. The van der Waals surface area contributed by atoms with Gasteiger partial charge >= 0.3 is 0 Å². The molecule has 5 heterocycles. The quantitative estimate of drug-likeness (QED) is 0.728. The fraction of sp³-hybridized carbons (Fsp3) is 0.579. The van der Waals surface area contributed by atoms with Gasteiger partial charge in [-0.05, 0) is 18.9 Å². The van der Waals surface area contributed by atoms with Crippen molar-refractivity contribution in [3.8, 4) is 0 Å². The Kier molecular flexibility index (Phi) is 4.69. The lowest BCUT2D eigenvalue weighted by Crippen LogP contribution is -2.36. The number of rotatable bonds is 4. The molecule has 5 rings (SSSR count). The standard InChI is InChI=1S/C19H26N8O/c1-25-16(12-26-8-10-28-11-9-26)23-24-18(25)14-3-6-27(7-4-14)19-15-2-5-20-17(15)21-13-22-19/h2,5,13-14H,3-4,6-12H2,1H3,(H,20,21,22). The zero-order valence-corrected chi connectivity index (χ0v) is 16.2. The highest BCUT2D eigenvalue weighted by molar-refractivity contribution is 5.87. The highest BCUT2D eigenvalue weighted by atomic mass is 16.5. The summed E-state index contributed by atoms with van der Waals surface area (Å²) in [6.07, 6.45) is 5.67. The zero-order valence-electron chi connectivity index (χ0n) is 16.2. The van der Waals surface area contributed by atoms with E-state index < -0.39 is 0 Å². The molecule has 2 fully saturated rings. The van der Waals surface area contributed by atoms with E-state index in [2.05, 4.69) is 52.6 Å². The second kappa shape index (κ2) is 7.48. The molecule has 0 aliphatic carbocycles.